The number of hydrogen-bond donors (Lipinski definition) is 0. The van der Waals surface area contributed by atoms with E-state index in [0.717, 1.165) is 49.4 Å². The van der Waals surface area contributed by atoms with E-state index in [9.17, 15) is 19.2 Å². The highest BCUT2D eigenvalue weighted by atomic mass is 16.2. The van der Waals surface area contributed by atoms with Crippen LogP contribution in [-0.2, 0) is 19.2 Å². The van der Waals surface area contributed by atoms with Crippen molar-refractivity contribution in [2.75, 3.05) is 9.80 Å². The van der Waals surface area contributed by atoms with E-state index in [1.54, 1.807) is 73.8 Å². The minimum absolute atomic E-state index is 0.379. The largest absolute Gasteiger partial charge is 0.274 e. The summed E-state index contributed by atoms with van der Waals surface area (Å²) in [5, 5.41) is 0. The number of pyridine rings is 4. The van der Waals surface area contributed by atoms with Crippen LogP contribution in [0.2, 0.25) is 0 Å². The maximum atomic E-state index is 14.2. The molecule has 2 aliphatic heterocycles. The molecule has 1 aliphatic carbocycles. The first-order valence-electron chi connectivity index (χ1n) is 16.2. The van der Waals surface area contributed by atoms with Gasteiger partial charge in [-0.2, -0.15) is 0 Å². The van der Waals surface area contributed by atoms with Gasteiger partial charge in [0.1, 0.15) is 0 Å². The number of hydrogen-bond acceptors (Lipinski definition) is 8. The molecule has 2 saturated heterocycles. The van der Waals surface area contributed by atoms with E-state index in [4.69, 9.17) is 0 Å². The third-order valence-corrected chi connectivity index (χ3v) is 9.96. The summed E-state index contributed by atoms with van der Waals surface area (Å²) in [7, 11) is 0. The zero-order valence-corrected chi connectivity index (χ0v) is 26.3. The van der Waals surface area contributed by atoms with Gasteiger partial charge in [0.05, 0.1) is 35.0 Å². The maximum absolute atomic E-state index is 14.2. The van der Waals surface area contributed by atoms with Gasteiger partial charge in [-0.05, 0) is 118 Å². The molecular formula is C40H26N6O4. The Morgan fingerprint density at radius 1 is 0.360 bits per heavy atom. The third-order valence-electron chi connectivity index (χ3n) is 9.96. The quantitative estimate of drug-likeness (QED) is 0.205. The summed E-state index contributed by atoms with van der Waals surface area (Å²) < 4.78 is 0. The van der Waals surface area contributed by atoms with Crippen LogP contribution in [0.5, 0.6) is 0 Å². The number of benzene rings is 2. The van der Waals surface area contributed by atoms with Gasteiger partial charge in [0, 0.05) is 55.1 Å². The van der Waals surface area contributed by atoms with Crippen LogP contribution in [0.4, 0.5) is 11.4 Å². The number of anilines is 2. The van der Waals surface area contributed by atoms with Crippen LogP contribution in [0.25, 0.3) is 44.5 Å². The summed E-state index contributed by atoms with van der Waals surface area (Å²) in [5.41, 5.74) is 7.26. The SMILES string of the molecule is O=C1C2C(C(=O)N1c1cc(-c3ccncc3)cc(-c3ccncc3)c1)C1C(=O)N(c3cc(-c4ccncc4)cc(-c4cccnc4)c3)C(=O)C21. The van der Waals surface area contributed by atoms with Gasteiger partial charge in [-0.25, -0.2) is 9.80 Å². The van der Waals surface area contributed by atoms with Crippen LogP contribution < -0.4 is 9.80 Å². The van der Waals surface area contributed by atoms with E-state index in [-0.39, 0.29) is 0 Å². The maximum Gasteiger partial charge on any atom is 0.238 e. The Bertz CT molecular complexity index is 2010. The lowest BCUT2D eigenvalue weighted by molar-refractivity contribution is -0.146. The molecule has 3 fully saturated rings. The van der Waals surface area contributed by atoms with Crippen LogP contribution in [0.3, 0.4) is 0 Å². The van der Waals surface area contributed by atoms with Gasteiger partial charge in [0.15, 0.2) is 0 Å². The van der Waals surface area contributed by atoms with E-state index in [2.05, 4.69) is 19.9 Å². The molecule has 1 saturated carbocycles. The van der Waals surface area contributed by atoms with Crippen molar-refractivity contribution in [3.8, 4) is 44.5 Å². The first-order chi connectivity index (χ1) is 24.5. The lowest BCUT2D eigenvalue weighted by atomic mass is 9.59. The Morgan fingerprint density at radius 3 is 1.02 bits per heavy atom. The molecule has 2 aromatic carbocycles. The van der Waals surface area contributed by atoms with E-state index in [1.807, 2.05) is 60.7 Å². The molecular weight excluding hydrogens is 628 g/mol. The second-order valence-corrected chi connectivity index (χ2v) is 12.6. The molecule has 50 heavy (non-hydrogen) atoms. The summed E-state index contributed by atoms with van der Waals surface area (Å²) in [5.74, 6) is -5.61. The number of nitrogens with zero attached hydrogens (tertiary/aromatic N) is 6. The summed E-state index contributed by atoms with van der Waals surface area (Å²) in [4.78, 5) is 75.6. The number of aromatic nitrogens is 4. The minimum atomic E-state index is -0.927. The second kappa shape index (κ2) is 11.5. The standard InChI is InChI=1S/C40H26N6O4/c47-37-33-34(38(48)45(37)31-18-27(23-3-10-41-11-4-23)16-28(19-31)24-5-12-42-13-6-24)36-35(33)39(49)46(40(36)50)32-20-29(25-7-14-43-15-8-25)17-30(21-32)26-2-1-9-44-22-26/h1-22,33-36H. The average Bonchev–Trinajstić information content (AvgIpc) is 3.49. The topological polar surface area (TPSA) is 126 Å². The van der Waals surface area contributed by atoms with Gasteiger partial charge in [0.25, 0.3) is 0 Å². The van der Waals surface area contributed by atoms with E-state index < -0.39 is 47.3 Å². The van der Waals surface area contributed by atoms with E-state index in [1.165, 1.54) is 4.90 Å². The van der Waals surface area contributed by atoms with Crippen molar-refractivity contribution in [1.29, 1.82) is 0 Å². The molecule has 0 N–H and O–H groups in total. The fourth-order valence-corrected chi connectivity index (χ4v) is 7.61. The van der Waals surface area contributed by atoms with E-state index in [0.29, 0.717) is 11.4 Å². The zero-order valence-electron chi connectivity index (χ0n) is 26.3. The Balaban J connectivity index is 1.08. The Labute approximate surface area is 286 Å². The Morgan fingerprint density at radius 2 is 0.700 bits per heavy atom. The molecule has 6 aromatic rings. The van der Waals surface area contributed by atoms with Crippen molar-refractivity contribution in [2.45, 2.75) is 0 Å². The number of amides is 4. The third kappa shape index (κ3) is 4.56. The van der Waals surface area contributed by atoms with Crippen molar-refractivity contribution < 1.29 is 19.2 Å². The van der Waals surface area contributed by atoms with Gasteiger partial charge in [-0.1, -0.05) is 6.07 Å². The molecule has 6 heterocycles. The van der Waals surface area contributed by atoms with Crippen molar-refractivity contribution in [2.24, 2.45) is 23.7 Å². The number of carbonyl (C=O) groups excluding carboxylic acids is 4. The Kier molecular flexibility index (Phi) is 6.77. The fourth-order valence-electron chi connectivity index (χ4n) is 7.61. The van der Waals surface area contributed by atoms with Crippen molar-refractivity contribution in [3.05, 3.63) is 135 Å². The summed E-state index contributed by atoms with van der Waals surface area (Å²) in [6.07, 6.45) is 13.5. The first-order valence-corrected chi connectivity index (χ1v) is 16.2. The molecule has 3 aliphatic rings. The van der Waals surface area contributed by atoms with Crippen molar-refractivity contribution >= 4 is 35.0 Å². The summed E-state index contributed by atoms with van der Waals surface area (Å²) in [6.45, 7) is 0. The smallest absolute Gasteiger partial charge is 0.238 e. The zero-order chi connectivity index (χ0) is 33.9. The van der Waals surface area contributed by atoms with E-state index >= 15 is 0 Å². The molecule has 0 spiro atoms. The molecule has 4 amide bonds. The predicted octanol–water partition coefficient (Wildman–Crippen LogP) is 5.86. The predicted molar refractivity (Wildman–Crippen MR) is 185 cm³/mol. The summed E-state index contributed by atoms with van der Waals surface area (Å²) >= 11 is 0. The van der Waals surface area contributed by atoms with Crippen LogP contribution in [0, 0.1) is 23.7 Å². The van der Waals surface area contributed by atoms with Gasteiger partial charge in [-0.15, -0.1) is 0 Å². The average molecular weight is 655 g/mol. The number of imide groups is 2. The van der Waals surface area contributed by atoms with Crippen molar-refractivity contribution in [1.82, 2.24) is 19.9 Å². The Hall–Kier alpha value is -6.68. The second-order valence-electron chi connectivity index (χ2n) is 12.6. The highest BCUT2D eigenvalue weighted by Gasteiger charge is 2.73. The monoisotopic (exact) mass is 654 g/mol. The lowest BCUT2D eigenvalue weighted by Crippen LogP contribution is -2.50. The van der Waals surface area contributed by atoms with Crippen LogP contribution in [-0.4, -0.2) is 43.6 Å². The lowest BCUT2D eigenvalue weighted by Gasteiger charge is -2.36. The van der Waals surface area contributed by atoms with Gasteiger partial charge < -0.3 is 0 Å². The molecule has 10 heteroatoms. The number of rotatable bonds is 6. The van der Waals surface area contributed by atoms with Gasteiger partial charge in [-0.3, -0.25) is 39.1 Å². The van der Waals surface area contributed by atoms with Gasteiger partial charge >= 0.3 is 0 Å². The normalized spacial score (nSPS) is 20.9. The number of fused-ring (bicyclic) bond motifs is 4. The molecule has 9 rings (SSSR count). The van der Waals surface area contributed by atoms with Crippen molar-refractivity contribution in [3.63, 3.8) is 0 Å². The highest BCUT2D eigenvalue weighted by molar-refractivity contribution is 6.32. The summed E-state index contributed by atoms with van der Waals surface area (Å²) in [6, 6.07) is 25.9. The fraction of sp³-hybridized carbons (Fsp3) is 0.100. The molecule has 0 bridgehead atoms. The van der Waals surface area contributed by atoms with Crippen LogP contribution in [0.1, 0.15) is 0 Å². The van der Waals surface area contributed by atoms with Crippen LogP contribution in [0.15, 0.2) is 135 Å². The molecule has 4 unspecified atom stereocenters. The minimum Gasteiger partial charge on any atom is -0.274 e. The molecule has 4 atom stereocenters. The number of carbonyl (C=O) groups is 4. The highest BCUT2D eigenvalue weighted by Crippen LogP contribution is 2.58. The molecule has 0 radical (unpaired) electrons. The van der Waals surface area contributed by atoms with Crippen LogP contribution >= 0.6 is 0 Å². The molecule has 240 valence electrons. The molecule has 10 nitrogen and oxygen atoms in total. The molecule has 4 aromatic heterocycles. The first kappa shape index (κ1) is 29.5. The van der Waals surface area contributed by atoms with Gasteiger partial charge in [0.2, 0.25) is 23.6 Å².